The van der Waals surface area contributed by atoms with Crippen LogP contribution in [0.1, 0.15) is 98.8 Å². The van der Waals surface area contributed by atoms with Crippen molar-refractivity contribution in [2.75, 3.05) is 19.8 Å². The predicted molar refractivity (Wildman–Crippen MR) is 162 cm³/mol. The van der Waals surface area contributed by atoms with E-state index in [1.807, 2.05) is 0 Å². The normalized spacial score (nSPS) is 54.4. The van der Waals surface area contributed by atoms with E-state index in [2.05, 4.69) is 40.7 Å². The van der Waals surface area contributed by atoms with Crippen LogP contribution in [0, 0.1) is 50.7 Å². The monoisotopic (exact) mass is 606 g/mol. The van der Waals surface area contributed by atoms with Crippen LogP contribution in [-0.4, -0.2) is 87.3 Å². The van der Waals surface area contributed by atoms with Gasteiger partial charge in [-0.2, -0.15) is 0 Å². The van der Waals surface area contributed by atoms with Gasteiger partial charge in [0.1, 0.15) is 24.4 Å². The molecule has 5 fully saturated rings. The van der Waals surface area contributed by atoms with E-state index in [-0.39, 0.29) is 46.4 Å². The topological polar surface area (TPSA) is 140 Å². The van der Waals surface area contributed by atoms with Gasteiger partial charge in [-0.05, 0) is 110 Å². The Morgan fingerprint density at radius 2 is 1.49 bits per heavy atom. The first-order chi connectivity index (χ1) is 20.2. The minimum Gasteiger partial charge on any atom is -0.396 e. The summed E-state index contributed by atoms with van der Waals surface area (Å²) in [6, 6.07) is 0. The van der Waals surface area contributed by atoms with Crippen LogP contribution in [0.3, 0.4) is 0 Å². The van der Waals surface area contributed by atoms with Crippen molar-refractivity contribution in [2.45, 2.75) is 136 Å². The molecule has 8 heteroatoms. The molecule has 0 radical (unpaired) electrons. The van der Waals surface area contributed by atoms with Crippen molar-refractivity contribution in [2.24, 2.45) is 50.7 Å². The second-order valence-electron chi connectivity index (χ2n) is 17.1. The Morgan fingerprint density at radius 1 is 0.767 bits per heavy atom. The largest absolute Gasteiger partial charge is 0.396 e. The molecule has 5 aliphatic carbocycles. The number of aliphatic hydroxyl groups excluding tert-OH is 6. The second-order valence-corrected chi connectivity index (χ2v) is 17.1. The molecule has 14 atom stereocenters. The molecule has 1 saturated heterocycles. The lowest BCUT2D eigenvalue weighted by atomic mass is 9.37. The van der Waals surface area contributed by atoms with Crippen molar-refractivity contribution >= 4 is 0 Å². The number of ether oxygens (including phenoxy) is 2. The highest BCUT2D eigenvalue weighted by atomic mass is 16.7. The fourth-order valence-corrected chi connectivity index (χ4v) is 11.9. The number of aliphatic hydroxyl groups is 6. The number of hydrogen-bond acceptors (Lipinski definition) is 8. The Bertz CT molecular complexity index is 1080. The first-order valence-electron chi connectivity index (χ1n) is 17.1. The molecule has 0 unspecified atom stereocenters. The highest BCUT2D eigenvalue weighted by Crippen LogP contribution is 2.72. The molecule has 246 valence electrons. The quantitative estimate of drug-likeness (QED) is 0.206. The summed E-state index contributed by atoms with van der Waals surface area (Å²) in [5.74, 6) is 1.81. The predicted octanol–water partition coefficient (Wildman–Crippen LogP) is 3.55. The van der Waals surface area contributed by atoms with Crippen molar-refractivity contribution in [1.82, 2.24) is 0 Å². The van der Waals surface area contributed by atoms with E-state index in [0.29, 0.717) is 23.7 Å². The molecule has 6 rings (SSSR count). The number of rotatable bonds is 5. The van der Waals surface area contributed by atoms with E-state index in [1.165, 1.54) is 0 Å². The van der Waals surface area contributed by atoms with Gasteiger partial charge in [0, 0.05) is 18.6 Å². The zero-order valence-electron chi connectivity index (χ0n) is 27.0. The summed E-state index contributed by atoms with van der Waals surface area (Å²) in [5.41, 5.74) is 1.57. The SMILES string of the molecule is CC1(C)[C@@H](O[C@@H]2O[C@H](CO)[C@@H](O)[C@H](O)[C@H]2O)CC[C@]2(C)[C@H]3CC=C4[C@@H](CC[C@@]5(CO)CC[C@@](C)(CO)C[C@@H]45)[C@]3(C)CC[C@@H]12. The fourth-order valence-electron chi connectivity index (χ4n) is 11.9. The van der Waals surface area contributed by atoms with Gasteiger partial charge in [-0.25, -0.2) is 0 Å². The molecule has 1 heterocycles. The van der Waals surface area contributed by atoms with Gasteiger partial charge >= 0.3 is 0 Å². The molecule has 0 aromatic rings. The Hall–Kier alpha value is -0.580. The lowest BCUT2D eigenvalue weighted by Gasteiger charge is -2.68. The van der Waals surface area contributed by atoms with Crippen LogP contribution in [0.5, 0.6) is 0 Å². The van der Waals surface area contributed by atoms with Crippen LogP contribution in [-0.2, 0) is 9.47 Å². The van der Waals surface area contributed by atoms with Gasteiger partial charge in [-0.1, -0.05) is 46.3 Å². The van der Waals surface area contributed by atoms with Crippen molar-refractivity contribution in [1.29, 1.82) is 0 Å². The van der Waals surface area contributed by atoms with E-state index in [0.717, 1.165) is 64.2 Å². The Kier molecular flexibility index (Phi) is 8.28. The third-order valence-electron chi connectivity index (χ3n) is 14.7. The zero-order chi connectivity index (χ0) is 31.2. The van der Waals surface area contributed by atoms with Crippen LogP contribution in [0.15, 0.2) is 11.6 Å². The summed E-state index contributed by atoms with van der Waals surface area (Å²) in [5, 5.41) is 61.9. The second kappa shape index (κ2) is 11.0. The van der Waals surface area contributed by atoms with Gasteiger partial charge in [0.2, 0.25) is 0 Å². The smallest absolute Gasteiger partial charge is 0.186 e. The molecular formula is C35H58O8. The molecule has 0 aromatic carbocycles. The van der Waals surface area contributed by atoms with E-state index in [9.17, 15) is 30.6 Å². The lowest BCUT2D eigenvalue weighted by molar-refractivity contribution is -0.329. The third kappa shape index (κ3) is 4.75. The van der Waals surface area contributed by atoms with Gasteiger partial charge in [0.05, 0.1) is 12.7 Å². The summed E-state index contributed by atoms with van der Waals surface area (Å²) < 4.78 is 12.2. The highest BCUT2D eigenvalue weighted by Gasteiger charge is 2.65. The van der Waals surface area contributed by atoms with Crippen molar-refractivity contribution < 1.29 is 40.1 Å². The van der Waals surface area contributed by atoms with Crippen LogP contribution in [0.4, 0.5) is 0 Å². The lowest BCUT2D eigenvalue weighted by Crippen LogP contribution is -2.64. The molecule has 0 bridgehead atoms. The van der Waals surface area contributed by atoms with E-state index < -0.39 is 37.3 Å². The highest BCUT2D eigenvalue weighted by molar-refractivity contribution is 5.29. The summed E-state index contributed by atoms with van der Waals surface area (Å²) in [4.78, 5) is 0. The minimum absolute atomic E-state index is 0.0386. The zero-order valence-corrected chi connectivity index (χ0v) is 27.0. The van der Waals surface area contributed by atoms with E-state index in [1.54, 1.807) is 5.57 Å². The van der Waals surface area contributed by atoms with Gasteiger partial charge in [-0.15, -0.1) is 0 Å². The molecule has 4 saturated carbocycles. The van der Waals surface area contributed by atoms with Crippen molar-refractivity contribution in [3.8, 4) is 0 Å². The molecule has 6 N–H and O–H groups in total. The average Bonchev–Trinajstić information content (AvgIpc) is 2.98. The summed E-state index contributed by atoms with van der Waals surface area (Å²) in [6.45, 7) is 11.8. The molecular weight excluding hydrogens is 548 g/mol. The van der Waals surface area contributed by atoms with Crippen molar-refractivity contribution in [3.05, 3.63) is 11.6 Å². The van der Waals surface area contributed by atoms with Crippen molar-refractivity contribution in [3.63, 3.8) is 0 Å². The maximum absolute atomic E-state index is 10.7. The summed E-state index contributed by atoms with van der Waals surface area (Å²) >= 11 is 0. The van der Waals surface area contributed by atoms with Crippen LogP contribution in [0.25, 0.3) is 0 Å². The maximum Gasteiger partial charge on any atom is 0.186 e. The molecule has 0 spiro atoms. The van der Waals surface area contributed by atoms with E-state index >= 15 is 0 Å². The first-order valence-corrected chi connectivity index (χ1v) is 17.1. The third-order valence-corrected chi connectivity index (χ3v) is 14.7. The van der Waals surface area contributed by atoms with Crippen LogP contribution < -0.4 is 0 Å². The van der Waals surface area contributed by atoms with Gasteiger partial charge in [0.15, 0.2) is 6.29 Å². The minimum atomic E-state index is -1.44. The van der Waals surface area contributed by atoms with E-state index in [4.69, 9.17) is 9.47 Å². The molecule has 8 nitrogen and oxygen atoms in total. The number of allylic oxidation sites excluding steroid dienone is 2. The Morgan fingerprint density at radius 3 is 2.16 bits per heavy atom. The molecule has 0 aromatic heterocycles. The van der Waals surface area contributed by atoms with Gasteiger partial charge < -0.3 is 40.1 Å². The van der Waals surface area contributed by atoms with Gasteiger partial charge in [-0.3, -0.25) is 0 Å². The average molecular weight is 607 g/mol. The summed E-state index contributed by atoms with van der Waals surface area (Å²) in [7, 11) is 0. The summed E-state index contributed by atoms with van der Waals surface area (Å²) in [6.07, 6.45) is 6.36. The maximum atomic E-state index is 10.7. The Balaban J connectivity index is 1.25. The van der Waals surface area contributed by atoms with Gasteiger partial charge in [0.25, 0.3) is 0 Å². The number of fused-ring (bicyclic) bond motifs is 7. The number of hydrogen-bond donors (Lipinski definition) is 6. The fraction of sp³-hybridized carbons (Fsp3) is 0.943. The van der Waals surface area contributed by atoms with Crippen LogP contribution in [0.2, 0.25) is 0 Å². The molecule has 0 amide bonds. The molecule has 6 aliphatic rings. The molecule has 1 aliphatic heterocycles. The Labute approximate surface area is 257 Å². The molecule has 43 heavy (non-hydrogen) atoms. The van der Waals surface area contributed by atoms with Crippen LogP contribution >= 0.6 is 0 Å². The first kappa shape index (κ1) is 32.4. The standard InChI is InChI=1S/C35H58O8/c1-31(2)24-9-11-33(4)21-8-13-35(19-38)15-14-32(3,18-37)16-22(35)20(21)6-7-25(33)34(24,5)12-10-26(31)43-30-29(41)28(40)27(39)23(17-36)42-30/h6,21-30,36-41H,7-19H2,1-5H3/t21-,22+,23-,24+,25+,26+,27-,28+,29-,30+,32-,33+,34+,35+/m1/s1.